The lowest BCUT2D eigenvalue weighted by atomic mass is 10.1. The minimum atomic E-state index is 0.295. The molecule has 4 heteroatoms. The highest BCUT2D eigenvalue weighted by Gasteiger charge is 2.07. The van der Waals surface area contributed by atoms with E-state index in [1.54, 1.807) is 12.3 Å². The van der Waals surface area contributed by atoms with E-state index in [0.717, 1.165) is 28.0 Å². The smallest absolute Gasteiger partial charge is 0.178 e. The van der Waals surface area contributed by atoms with Gasteiger partial charge in [0.15, 0.2) is 5.65 Å². The van der Waals surface area contributed by atoms with Crippen LogP contribution in [-0.2, 0) is 0 Å². The number of phenols is 1. The van der Waals surface area contributed by atoms with Crippen molar-refractivity contribution >= 4 is 11.2 Å². The number of aromatic amines is 1. The van der Waals surface area contributed by atoms with Gasteiger partial charge in [0, 0.05) is 11.8 Å². The van der Waals surface area contributed by atoms with Gasteiger partial charge in [-0.2, -0.15) is 0 Å². The topological polar surface area (TPSA) is 61.8 Å². The van der Waals surface area contributed by atoms with Crippen molar-refractivity contribution in [2.45, 2.75) is 13.8 Å². The molecule has 0 aliphatic rings. The summed E-state index contributed by atoms with van der Waals surface area (Å²) in [6.45, 7) is 3.86. The molecule has 2 aromatic heterocycles. The molecule has 0 fully saturated rings. The zero-order valence-corrected chi connectivity index (χ0v) is 10.2. The highest BCUT2D eigenvalue weighted by molar-refractivity contribution is 5.76. The fraction of sp³-hybridized carbons (Fsp3) is 0.143. The van der Waals surface area contributed by atoms with Crippen LogP contribution in [0.4, 0.5) is 0 Å². The number of H-pyrrole nitrogens is 1. The van der Waals surface area contributed by atoms with E-state index >= 15 is 0 Å². The monoisotopic (exact) mass is 239 g/mol. The lowest BCUT2D eigenvalue weighted by molar-refractivity contribution is 0.471. The van der Waals surface area contributed by atoms with Gasteiger partial charge in [-0.1, -0.05) is 0 Å². The molecule has 0 aliphatic heterocycles. The van der Waals surface area contributed by atoms with Gasteiger partial charge in [-0.05, 0) is 49.2 Å². The number of aromatic nitrogens is 3. The van der Waals surface area contributed by atoms with Gasteiger partial charge in [0.05, 0.1) is 5.52 Å². The third-order valence-electron chi connectivity index (χ3n) is 2.94. The summed E-state index contributed by atoms with van der Waals surface area (Å²) in [7, 11) is 0. The molecule has 0 radical (unpaired) electrons. The van der Waals surface area contributed by atoms with E-state index in [1.807, 2.05) is 32.0 Å². The summed E-state index contributed by atoms with van der Waals surface area (Å²) >= 11 is 0. The Bertz CT molecular complexity index is 731. The summed E-state index contributed by atoms with van der Waals surface area (Å²) in [6, 6.07) is 7.44. The molecular formula is C14H13N3O. The number of hydrogen-bond acceptors (Lipinski definition) is 3. The predicted molar refractivity (Wildman–Crippen MR) is 70.5 cm³/mol. The Balaban J connectivity index is 2.16. The number of pyridine rings is 1. The molecular weight excluding hydrogens is 226 g/mol. The number of aryl methyl sites for hydroxylation is 2. The molecule has 0 saturated heterocycles. The molecule has 0 spiro atoms. The number of nitrogens with zero attached hydrogens (tertiary/aromatic N) is 2. The lowest BCUT2D eigenvalue weighted by Gasteiger charge is -2.00. The molecule has 0 unspecified atom stereocenters. The van der Waals surface area contributed by atoms with Crippen molar-refractivity contribution in [2.24, 2.45) is 0 Å². The number of hydrogen-bond donors (Lipinski definition) is 2. The normalized spacial score (nSPS) is 11.0. The minimum Gasteiger partial charge on any atom is -0.508 e. The molecule has 0 saturated carbocycles. The number of nitrogens with one attached hydrogen (secondary N) is 1. The molecule has 90 valence electrons. The molecule has 4 nitrogen and oxygen atoms in total. The molecule has 1 aromatic carbocycles. The Morgan fingerprint density at radius 2 is 2.00 bits per heavy atom. The predicted octanol–water partition coefficient (Wildman–Crippen LogP) is 2.95. The fourth-order valence-electron chi connectivity index (χ4n) is 1.94. The van der Waals surface area contributed by atoms with Gasteiger partial charge in [0.2, 0.25) is 0 Å². The molecule has 0 aliphatic carbocycles. The second-order valence-corrected chi connectivity index (χ2v) is 4.47. The SMILES string of the molecule is Cc1cnc2nc(-c3ccc(O)c(C)c3)[nH]c2c1. The quantitative estimate of drug-likeness (QED) is 0.686. The average molecular weight is 239 g/mol. The first kappa shape index (κ1) is 10.8. The maximum atomic E-state index is 9.52. The Labute approximate surface area is 104 Å². The third kappa shape index (κ3) is 1.72. The van der Waals surface area contributed by atoms with Crippen LogP contribution in [-0.4, -0.2) is 20.1 Å². The molecule has 0 atom stereocenters. The number of fused-ring (bicyclic) bond motifs is 1. The molecule has 0 amide bonds. The highest BCUT2D eigenvalue weighted by atomic mass is 16.3. The number of imidazole rings is 1. The average Bonchev–Trinajstić information content (AvgIpc) is 2.75. The molecule has 2 heterocycles. The standard InChI is InChI=1S/C14H13N3O/c1-8-5-11-14(15-7-8)17-13(16-11)10-3-4-12(18)9(2)6-10/h3-7,18H,1-2H3,(H,15,16,17). The van der Waals surface area contributed by atoms with Crippen LogP contribution in [0.5, 0.6) is 5.75 Å². The van der Waals surface area contributed by atoms with E-state index in [-0.39, 0.29) is 0 Å². The summed E-state index contributed by atoms with van der Waals surface area (Å²) in [4.78, 5) is 12.0. The summed E-state index contributed by atoms with van der Waals surface area (Å²) in [5.74, 6) is 1.06. The number of rotatable bonds is 1. The van der Waals surface area contributed by atoms with Crippen LogP contribution in [0, 0.1) is 13.8 Å². The zero-order chi connectivity index (χ0) is 12.7. The maximum Gasteiger partial charge on any atom is 0.178 e. The lowest BCUT2D eigenvalue weighted by Crippen LogP contribution is -1.82. The van der Waals surface area contributed by atoms with Crippen molar-refractivity contribution in [3.63, 3.8) is 0 Å². The van der Waals surface area contributed by atoms with Crippen LogP contribution < -0.4 is 0 Å². The largest absolute Gasteiger partial charge is 0.508 e. The number of aromatic hydroxyl groups is 1. The van der Waals surface area contributed by atoms with E-state index in [9.17, 15) is 5.11 Å². The highest BCUT2D eigenvalue weighted by Crippen LogP contribution is 2.24. The second kappa shape index (κ2) is 3.84. The first-order chi connectivity index (χ1) is 8.63. The fourth-order valence-corrected chi connectivity index (χ4v) is 1.94. The van der Waals surface area contributed by atoms with E-state index < -0.39 is 0 Å². The summed E-state index contributed by atoms with van der Waals surface area (Å²) in [5.41, 5.74) is 4.51. The van der Waals surface area contributed by atoms with Gasteiger partial charge in [0.25, 0.3) is 0 Å². The van der Waals surface area contributed by atoms with Crippen molar-refractivity contribution in [3.05, 3.63) is 41.6 Å². The van der Waals surface area contributed by atoms with Gasteiger partial charge >= 0.3 is 0 Å². The third-order valence-corrected chi connectivity index (χ3v) is 2.94. The summed E-state index contributed by atoms with van der Waals surface area (Å²) in [6.07, 6.45) is 1.80. The van der Waals surface area contributed by atoms with Crippen LogP contribution in [0.2, 0.25) is 0 Å². The zero-order valence-electron chi connectivity index (χ0n) is 10.2. The Hall–Kier alpha value is -2.36. The second-order valence-electron chi connectivity index (χ2n) is 4.47. The summed E-state index contributed by atoms with van der Waals surface area (Å²) < 4.78 is 0. The number of phenolic OH excluding ortho intramolecular Hbond substituents is 1. The van der Waals surface area contributed by atoms with Gasteiger partial charge in [-0.25, -0.2) is 9.97 Å². The Morgan fingerprint density at radius 1 is 1.17 bits per heavy atom. The van der Waals surface area contributed by atoms with E-state index in [1.165, 1.54) is 0 Å². The number of benzene rings is 1. The first-order valence-electron chi connectivity index (χ1n) is 5.76. The van der Waals surface area contributed by atoms with Crippen LogP contribution in [0.3, 0.4) is 0 Å². The Kier molecular flexibility index (Phi) is 2.30. The maximum absolute atomic E-state index is 9.52. The first-order valence-corrected chi connectivity index (χ1v) is 5.76. The molecule has 0 bridgehead atoms. The van der Waals surface area contributed by atoms with Crippen molar-refractivity contribution < 1.29 is 5.11 Å². The van der Waals surface area contributed by atoms with Crippen LogP contribution in [0.15, 0.2) is 30.5 Å². The molecule has 3 aromatic rings. The van der Waals surface area contributed by atoms with Crippen molar-refractivity contribution in [1.29, 1.82) is 0 Å². The van der Waals surface area contributed by atoms with Gasteiger partial charge in [-0.3, -0.25) is 0 Å². The van der Waals surface area contributed by atoms with E-state index in [4.69, 9.17) is 0 Å². The van der Waals surface area contributed by atoms with Crippen LogP contribution >= 0.6 is 0 Å². The van der Waals surface area contributed by atoms with Crippen LogP contribution in [0.1, 0.15) is 11.1 Å². The molecule has 18 heavy (non-hydrogen) atoms. The van der Waals surface area contributed by atoms with Crippen molar-refractivity contribution in [1.82, 2.24) is 15.0 Å². The molecule has 2 N–H and O–H groups in total. The van der Waals surface area contributed by atoms with E-state index in [2.05, 4.69) is 15.0 Å². The van der Waals surface area contributed by atoms with Gasteiger partial charge in [-0.15, -0.1) is 0 Å². The van der Waals surface area contributed by atoms with Gasteiger partial charge in [0.1, 0.15) is 11.6 Å². The minimum absolute atomic E-state index is 0.295. The van der Waals surface area contributed by atoms with Crippen molar-refractivity contribution in [2.75, 3.05) is 0 Å². The van der Waals surface area contributed by atoms with Crippen LogP contribution in [0.25, 0.3) is 22.6 Å². The Morgan fingerprint density at radius 3 is 2.78 bits per heavy atom. The molecule has 3 rings (SSSR count). The summed E-state index contributed by atoms with van der Waals surface area (Å²) in [5, 5.41) is 9.52. The van der Waals surface area contributed by atoms with Crippen molar-refractivity contribution in [3.8, 4) is 17.1 Å². The van der Waals surface area contributed by atoms with Gasteiger partial charge < -0.3 is 10.1 Å². The van der Waals surface area contributed by atoms with E-state index in [0.29, 0.717) is 11.4 Å².